The summed E-state index contributed by atoms with van der Waals surface area (Å²) in [4.78, 5) is 0. The Bertz CT molecular complexity index is 62.6. The summed E-state index contributed by atoms with van der Waals surface area (Å²) in [6, 6.07) is 0.816. The van der Waals surface area contributed by atoms with Crippen LogP contribution in [-0.2, 0) is 13.3 Å². The molecule has 0 spiro atoms. The SMILES string of the molecule is CC[Si](OC)(OC)OC.[SiH3]Br. The van der Waals surface area contributed by atoms with Crippen LogP contribution in [0.2, 0.25) is 6.04 Å². The molecule has 0 aliphatic rings. The fourth-order valence-corrected chi connectivity index (χ4v) is 2.05. The van der Waals surface area contributed by atoms with E-state index in [1.54, 1.807) is 21.3 Å². The Morgan fingerprint density at radius 1 is 1.09 bits per heavy atom. The maximum Gasteiger partial charge on any atom is 0.499 e. The van der Waals surface area contributed by atoms with Gasteiger partial charge in [-0.1, -0.05) is 6.92 Å². The van der Waals surface area contributed by atoms with Gasteiger partial charge in [0, 0.05) is 27.4 Å². The highest BCUT2D eigenvalue weighted by Crippen LogP contribution is 2.10. The Labute approximate surface area is 80.8 Å². The molecule has 0 aliphatic carbocycles. The fraction of sp³-hybridized carbons (Fsp3) is 1.00. The first-order valence-electron chi connectivity index (χ1n) is 3.28. The van der Waals surface area contributed by atoms with E-state index < -0.39 is 8.80 Å². The quantitative estimate of drug-likeness (QED) is 0.546. The van der Waals surface area contributed by atoms with Crippen molar-refractivity contribution in [1.29, 1.82) is 0 Å². The van der Waals surface area contributed by atoms with E-state index in [9.17, 15) is 0 Å². The van der Waals surface area contributed by atoms with Crippen LogP contribution >= 0.6 is 15.3 Å². The Morgan fingerprint density at radius 2 is 1.36 bits per heavy atom. The van der Waals surface area contributed by atoms with Crippen molar-refractivity contribution < 1.29 is 13.3 Å². The molecule has 0 saturated heterocycles. The molecule has 0 unspecified atom stereocenters. The molecule has 11 heavy (non-hydrogen) atoms. The van der Waals surface area contributed by atoms with Crippen LogP contribution in [0.4, 0.5) is 0 Å². The van der Waals surface area contributed by atoms with E-state index in [1.165, 1.54) is 0 Å². The Hall–Kier alpha value is 0.794. The average Bonchev–Trinajstić information content (AvgIpc) is 2.13. The van der Waals surface area contributed by atoms with Crippen LogP contribution in [0, 0.1) is 0 Å². The molecule has 0 aromatic rings. The van der Waals surface area contributed by atoms with Gasteiger partial charge in [-0.3, -0.25) is 0 Å². The van der Waals surface area contributed by atoms with Gasteiger partial charge >= 0.3 is 8.80 Å². The highest BCUT2D eigenvalue weighted by molar-refractivity contribution is 9.22. The zero-order valence-electron chi connectivity index (χ0n) is 7.81. The molecular weight excluding hydrogens is 244 g/mol. The Balaban J connectivity index is 0. The maximum absolute atomic E-state index is 5.08. The van der Waals surface area contributed by atoms with E-state index in [2.05, 4.69) is 15.3 Å². The van der Waals surface area contributed by atoms with E-state index in [4.69, 9.17) is 13.3 Å². The van der Waals surface area contributed by atoms with Crippen molar-refractivity contribution in [2.24, 2.45) is 0 Å². The number of halogens is 1. The van der Waals surface area contributed by atoms with Crippen LogP contribution in [0.5, 0.6) is 0 Å². The van der Waals surface area contributed by atoms with Gasteiger partial charge < -0.3 is 13.3 Å². The second-order valence-electron chi connectivity index (χ2n) is 1.65. The molecule has 0 atom stereocenters. The van der Waals surface area contributed by atoms with Crippen LogP contribution in [0.3, 0.4) is 0 Å². The van der Waals surface area contributed by atoms with Crippen LogP contribution in [0.25, 0.3) is 0 Å². The van der Waals surface area contributed by atoms with E-state index >= 15 is 0 Å². The normalized spacial score (nSPS) is 10.6. The highest BCUT2D eigenvalue weighted by Gasteiger charge is 2.34. The lowest BCUT2D eigenvalue weighted by atomic mass is 11.0. The second-order valence-corrected chi connectivity index (χ2v) is 4.95. The zero-order chi connectivity index (χ0) is 9.33. The van der Waals surface area contributed by atoms with Crippen molar-refractivity contribution in [3.05, 3.63) is 0 Å². The fourth-order valence-electron chi connectivity index (χ4n) is 0.683. The Morgan fingerprint density at radius 3 is 1.36 bits per heavy atom. The summed E-state index contributed by atoms with van der Waals surface area (Å²) in [7, 11) is 3.77. The van der Waals surface area contributed by atoms with E-state index in [-0.39, 0.29) is 0 Å². The molecule has 0 N–H and O–H groups in total. The number of rotatable bonds is 4. The van der Waals surface area contributed by atoms with Crippen molar-refractivity contribution in [2.45, 2.75) is 13.0 Å². The molecule has 3 nitrogen and oxygen atoms in total. The topological polar surface area (TPSA) is 27.7 Å². The molecule has 70 valence electrons. The van der Waals surface area contributed by atoms with Crippen LogP contribution in [0.15, 0.2) is 0 Å². The van der Waals surface area contributed by atoms with Crippen molar-refractivity contribution in [1.82, 2.24) is 0 Å². The lowest BCUT2D eigenvalue weighted by Gasteiger charge is -2.22. The van der Waals surface area contributed by atoms with Gasteiger partial charge in [0.15, 0.2) is 0 Å². The minimum atomic E-state index is -2.19. The molecular formula is C5H17BrO3Si2. The van der Waals surface area contributed by atoms with Gasteiger partial charge in [-0.25, -0.2) is 0 Å². The van der Waals surface area contributed by atoms with Gasteiger partial charge in [-0.15, -0.1) is 15.3 Å². The third-order valence-corrected chi connectivity index (χ3v) is 4.10. The van der Waals surface area contributed by atoms with Gasteiger partial charge in [-0.2, -0.15) is 0 Å². The predicted molar refractivity (Wildman–Crippen MR) is 56.1 cm³/mol. The first-order valence-corrected chi connectivity index (χ1v) is 10.7. The molecule has 0 fully saturated rings. The summed E-state index contributed by atoms with van der Waals surface area (Å²) in [6.45, 7) is 1.99. The minimum absolute atomic E-state index is 0.816. The molecule has 0 rings (SSSR count). The van der Waals surface area contributed by atoms with E-state index in [0.717, 1.165) is 14.9 Å². The standard InChI is InChI=1S/C5H14O3Si.BrH3Si/c1-5-9(6-2,7-3)8-4;1-2/h5H2,1-4H3;2H3. The first-order chi connectivity index (χ1) is 5.24. The number of hydrogen-bond acceptors (Lipinski definition) is 3. The summed E-state index contributed by atoms with van der Waals surface area (Å²) in [5.74, 6) is 0. The van der Waals surface area contributed by atoms with Crippen molar-refractivity contribution >= 4 is 33.0 Å². The predicted octanol–water partition coefficient (Wildman–Crippen LogP) is 0.546. The molecule has 6 heteroatoms. The number of hydrogen-bond donors (Lipinski definition) is 0. The smallest absolute Gasteiger partial charge is 0.377 e. The third-order valence-electron chi connectivity index (χ3n) is 1.37. The Kier molecular flexibility index (Phi) is 11.6. The van der Waals surface area contributed by atoms with Crippen molar-refractivity contribution in [2.75, 3.05) is 21.3 Å². The van der Waals surface area contributed by atoms with Crippen LogP contribution in [0.1, 0.15) is 6.92 Å². The largest absolute Gasteiger partial charge is 0.499 e. The van der Waals surface area contributed by atoms with Gasteiger partial charge in [0.05, 0.1) is 8.86 Å². The monoisotopic (exact) mass is 260 g/mol. The summed E-state index contributed by atoms with van der Waals surface area (Å²) in [6.07, 6.45) is 0. The van der Waals surface area contributed by atoms with Crippen LogP contribution < -0.4 is 0 Å². The average molecular weight is 261 g/mol. The molecule has 0 radical (unpaired) electrons. The van der Waals surface area contributed by atoms with E-state index in [1.807, 2.05) is 6.92 Å². The summed E-state index contributed by atoms with van der Waals surface area (Å²) in [5.41, 5.74) is 0. The lowest BCUT2D eigenvalue weighted by molar-refractivity contribution is 0.125. The zero-order valence-corrected chi connectivity index (χ0v) is 12.4. The second kappa shape index (κ2) is 8.89. The third kappa shape index (κ3) is 5.10. The van der Waals surface area contributed by atoms with Gasteiger partial charge in [-0.05, 0) is 0 Å². The van der Waals surface area contributed by atoms with Crippen LogP contribution in [-0.4, -0.2) is 39.0 Å². The molecule has 0 amide bonds. The maximum atomic E-state index is 5.08. The highest BCUT2D eigenvalue weighted by atomic mass is 79.9. The van der Waals surface area contributed by atoms with Crippen molar-refractivity contribution in [3.8, 4) is 0 Å². The molecule has 0 aliphatic heterocycles. The van der Waals surface area contributed by atoms with E-state index in [0.29, 0.717) is 0 Å². The summed E-state index contributed by atoms with van der Waals surface area (Å²) >= 11 is 3.08. The van der Waals surface area contributed by atoms with Gasteiger partial charge in [0.25, 0.3) is 0 Å². The van der Waals surface area contributed by atoms with Gasteiger partial charge in [0.1, 0.15) is 0 Å². The molecule has 0 aromatic carbocycles. The van der Waals surface area contributed by atoms with Crippen molar-refractivity contribution in [3.63, 3.8) is 0 Å². The molecule has 0 bridgehead atoms. The lowest BCUT2D eigenvalue weighted by Crippen LogP contribution is -2.41. The van der Waals surface area contributed by atoms with Gasteiger partial charge in [0.2, 0.25) is 0 Å². The first kappa shape index (κ1) is 14.3. The molecule has 0 saturated carbocycles. The molecule has 0 heterocycles. The summed E-state index contributed by atoms with van der Waals surface area (Å²) < 4.78 is 15.2. The minimum Gasteiger partial charge on any atom is -0.377 e. The molecule has 0 aromatic heterocycles. The summed E-state index contributed by atoms with van der Waals surface area (Å²) in [5, 5.41) is 0.